The van der Waals surface area contributed by atoms with E-state index in [4.69, 9.17) is 0 Å². The molecule has 1 atom stereocenters. The molecule has 0 aromatic heterocycles. The number of β-amino-alcohol motifs (C(OH)–C–C–N with tert-alkyl or cyclic N) is 1. The lowest BCUT2D eigenvalue weighted by Crippen LogP contribution is -2.48. The lowest BCUT2D eigenvalue weighted by Gasteiger charge is -2.37. The quantitative estimate of drug-likeness (QED) is 0.866. The monoisotopic (exact) mass is 311 g/mol. The van der Waals surface area contributed by atoms with Crippen molar-refractivity contribution in [2.75, 3.05) is 13.1 Å². The van der Waals surface area contributed by atoms with Gasteiger partial charge in [-0.05, 0) is 50.5 Å². The zero-order valence-electron chi connectivity index (χ0n) is 10.7. The van der Waals surface area contributed by atoms with Crippen LogP contribution in [-0.2, 0) is 0 Å². The van der Waals surface area contributed by atoms with Gasteiger partial charge in [0, 0.05) is 23.1 Å². The molecule has 1 amide bonds. The summed E-state index contributed by atoms with van der Waals surface area (Å²) in [5.74, 6) is 0.0139. The van der Waals surface area contributed by atoms with Gasteiger partial charge in [-0.2, -0.15) is 0 Å². The average molecular weight is 312 g/mol. The minimum Gasteiger partial charge on any atom is -0.388 e. The fourth-order valence-corrected chi connectivity index (χ4v) is 2.91. The number of likely N-dealkylation sites (tertiary alicyclic amines) is 1. The maximum atomic E-state index is 12.4. The van der Waals surface area contributed by atoms with Crippen LogP contribution in [0.15, 0.2) is 22.7 Å². The van der Waals surface area contributed by atoms with Gasteiger partial charge in [0.1, 0.15) is 0 Å². The lowest BCUT2D eigenvalue weighted by atomic mass is 9.94. The summed E-state index contributed by atoms with van der Waals surface area (Å²) < 4.78 is 0.974. The topological polar surface area (TPSA) is 40.5 Å². The first-order valence-corrected chi connectivity index (χ1v) is 6.96. The number of halogens is 1. The zero-order chi connectivity index (χ0) is 13.3. The summed E-state index contributed by atoms with van der Waals surface area (Å²) in [6, 6.07) is 5.66. The van der Waals surface area contributed by atoms with Crippen molar-refractivity contribution < 1.29 is 9.90 Å². The Kier molecular flexibility index (Phi) is 3.78. The minimum atomic E-state index is -0.753. The van der Waals surface area contributed by atoms with E-state index in [2.05, 4.69) is 15.9 Å². The van der Waals surface area contributed by atoms with Crippen molar-refractivity contribution in [1.82, 2.24) is 4.90 Å². The third-order valence-corrected chi connectivity index (χ3v) is 3.87. The van der Waals surface area contributed by atoms with Crippen LogP contribution in [0, 0.1) is 6.92 Å². The van der Waals surface area contributed by atoms with Crippen LogP contribution in [0.2, 0.25) is 0 Å². The van der Waals surface area contributed by atoms with E-state index in [9.17, 15) is 9.90 Å². The van der Waals surface area contributed by atoms with Crippen LogP contribution in [0.5, 0.6) is 0 Å². The molecule has 1 saturated heterocycles. The molecule has 98 valence electrons. The number of piperidine rings is 1. The van der Waals surface area contributed by atoms with E-state index in [-0.39, 0.29) is 5.91 Å². The summed E-state index contributed by atoms with van der Waals surface area (Å²) in [7, 11) is 0. The van der Waals surface area contributed by atoms with Crippen molar-refractivity contribution in [3.05, 3.63) is 33.8 Å². The predicted octanol–water partition coefficient (Wildman–Crippen LogP) is 2.74. The molecule has 0 spiro atoms. The van der Waals surface area contributed by atoms with Gasteiger partial charge in [0.2, 0.25) is 0 Å². The Morgan fingerprint density at radius 3 is 2.83 bits per heavy atom. The number of amides is 1. The van der Waals surface area contributed by atoms with Gasteiger partial charge in [0.25, 0.3) is 5.91 Å². The first-order chi connectivity index (χ1) is 8.39. The highest BCUT2D eigenvalue weighted by atomic mass is 79.9. The Morgan fingerprint density at radius 2 is 2.22 bits per heavy atom. The van der Waals surface area contributed by atoms with Crippen LogP contribution in [0.1, 0.15) is 35.7 Å². The van der Waals surface area contributed by atoms with Gasteiger partial charge in [0.15, 0.2) is 0 Å². The number of carbonyl (C=O) groups excluding carboxylic acids is 1. The first kappa shape index (κ1) is 13.6. The number of rotatable bonds is 1. The second kappa shape index (κ2) is 5.02. The van der Waals surface area contributed by atoms with Crippen LogP contribution >= 0.6 is 15.9 Å². The lowest BCUT2D eigenvalue weighted by molar-refractivity contribution is -0.0107. The third kappa shape index (κ3) is 2.93. The van der Waals surface area contributed by atoms with E-state index in [0.29, 0.717) is 6.54 Å². The van der Waals surface area contributed by atoms with E-state index in [1.165, 1.54) is 0 Å². The van der Waals surface area contributed by atoms with E-state index in [1.54, 1.807) is 11.8 Å². The van der Waals surface area contributed by atoms with Crippen molar-refractivity contribution >= 4 is 21.8 Å². The van der Waals surface area contributed by atoms with Crippen LogP contribution in [-0.4, -0.2) is 34.6 Å². The maximum Gasteiger partial charge on any atom is 0.254 e. The molecule has 1 heterocycles. The molecule has 0 saturated carbocycles. The molecular weight excluding hydrogens is 294 g/mol. The first-order valence-electron chi connectivity index (χ1n) is 6.17. The van der Waals surface area contributed by atoms with Crippen LogP contribution < -0.4 is 0 Å². The van der Waals surface area contributed by atoms with E-state index in [1.807, 2.05) is 25.1 Å². The second-order valence-electron chi connectivity index (χ2n) is 5.29. The second-order valence-corrected chi connectivity index (χ2v) is 6.20. The highest BCUT2D eigenvalue weighted by Gasteiger charge is 2.31. The number of hydrogen-bond donors (Lipinski definition) is 1. The Morgan fingerprint density at radius 1 is 1.50 bits per heavy atom. The van der Waals surface area contributed by atoms with Crippen molar-refractivity contribution in [1.29, 1.82) is 0 Å². The smallest absolute Gasteiger partial charge is 0.254 e. The van der Waals surface area contributed by atoms with Gasteiger partial charge in [-0.15, -0.1) is 0 Å². The Balaban J connectivity index is 2.20. The van der Waals surface area contributed by atoms with Gasteiger partial charge in [-0.1, -0.05) is 15.9 Å². The van der Waals surface area contributed by atoms with Crippen LogP contribution in [0.4, 0.5) is 0 Å². The Labute approximate surface area is 116 Å². The number of carbonyl (C=O) groups is 1. The maximum absolute atomic E-state index is 12.4. The van der Waals surface area contributed by atoms with Gasteiger partial charge in [-0.25, -0.2) is 0 Å². The van der Waals surface area contributed by atoms with Crippen molar-refractivity contribution in [3.8, 4) is 0 Å². The molecule has 2 rings (SSSR count). The molecule has 0 bridgehead atoms. The predicted molar refractivity (Wildman–Crippen MR) is 74.6 cm³/mol. The number of benzene rings is 1. The molecule has 1 unspecified atom stereocenters. The Bertz CT molecular complexity index is 471. The summed E-state index contributed by atoms with van der Waals surface area (Å²) in [4.78, 5) is 14.2. The standard InChI is InChI=1S/C14H18BrNO2/c1-10-8-11(15)4-5-12(10)13(17)16-7-3-6-14(2,18)9-16/h4-5,8,18H,3,6-7,9H2,1-2H3. The van der Waals surface area contributed by atoms with Crippen molar-refractivity contribution in [2.45, 2.75) is 32.3 Å². The molecule has 4 heteroatoms. The highest BCUT2D eigenvalue weighted by Crippen LogP contribution is 2.23. The number of hydrogen-bond acceptors (Lipinski definition) is 2. The number of aliphatic hydroxyl groups is 1. The zero-order valence-corrected chi connectivity index (χ0v) is 12.3. The van der Waals surface area contributed by atoms with Gasteiger partial charge < -0.3 is 10.0 Å². The molecule has 1 aliphatic rings. The van der Waals surface area contributed by atoms with Crippen molar-refractivity contribution in [3.63, 3.8) is 0 Å². The molecule has 1 aromatic rings. The third-order valence-electron chi connectivity index (χ3n) is 3.38. The highest BCUT2D eigenvalue weighted by molar-refractivity contribution is 9.10. The van der Waals surface area contributed by atoms with Gasteiger partial charge in [-0.3, -0.25) is 4.79 Å². The fraction of sp³-hybridized carbons (Fsp3) is 0.500. The summed E-state index contributed by atoms with van der Waals surface area (Å²) >= 11 is 3.39. The van der Waals surface area contributed by atoms with Crippen molar-refractivity contribution in [2.24, 2.45) is 0 Å². The molecular formula is C14H18BrNO2. The molecule has 1 fully saturated rings. The van der Waals surface area contributed by atoms with E-state index >= 15 is 0 Å². The molecule has 1 aromatic carbocycles. The van der Waals surface area contributed by atoms with Crippen LogP contribution in [0.25, 0.3) is 0 Å². The molecule has 0 radical (unpaired) electrons. The van der Waals surface area contributed by atoms with E-state index < -0.39 is 5.60 Å². The molecule has 1 aliphatic heterocycles. The SMILES string of the molecule is Cc1cc(Br)ccc1C(=O)N1CCCC(C)(O)C1. The number of aryl methyl sites for hydroxylation is 1. The minimum absolute atomic E-state index is 0.0139. The summed E-state index contributed by atoms with van der Waals surface area (Å²) in [6.07, 6.45) is 1.62. The number of nitrogens with zero attached hydrogens (tertiary/aromatic N) is 1. The molecule has 3 nitrogen and oxygen atoms in total. The molecule has 1 N–H and O–H groups in total. The van der Waals surface area contributed by atoms with E-state index in [0.717, 1.165) is 35.0 Å². The van der Waals surface area contributed by atoms with Gasteiger partial charge in [0.05, 0.1) is 5.60 Å². The Hall–Kier alpha value is -0.870. The normalized spacial score (nSPS) is 24.1. The fourth-order valence-electron chi connectivity index (χ4n) is 2.43. The average Bonchev–Trinajstić information content (AvgIpc) is 2.27. The largest absolute Gasteiger partial charge is 0.388 e. The molecule has 0 aliphatic carbocycles. The summed E-state index contributed by atoms with van der Waals surface area (Å²) in [5, 5.41) is 10.1. The van der Waals surface area contributed by atoms with Crippen LogP contribution in [0.3, 0.4) is 0 Å². The molecule has 18 heavy (non-hydrogen) atoms. The van der Waals surface area contributed by atoms with Gasteiger partial charge >= 0.3 is 0 Å². The summed E-state index contributed by atoms with van der Waals surface area (Å²) in [6.45, 7) is 4.87. The summed E-state index contributed by atoms with van der Waals surface area (Å²) in [5.41, 5.74) is 0.924.